The van der Waals surface area contributed by atoms with E-state index >= 15 is 0 Å². The minimum absolute atomic E-state index is 0.0331. The molecule has 114 valence electrons. The van der Waals surface area contributed by atoms with Crippen LogP contribution in [-0.4, -0.2) is 42.1 Å². The van der Waals surface area contributed by atoms with Crippen LogP contribution in [0.4, 0.5) is 4.79 Å². The zero-order valence-electron chi connectivity index (χ0n) is 12.0. The number of nitrogens with zero attached hydrogens (tertiary/aromatic N) is 1. The molecule has 0 aromatic heterocycles. The summed E-state index contributed by atoms with van der Waals surface area (Å²) < 4.78 is 5.65. The van der Waals surface area contributed by atoms with Gasteiger partial charge in [0.1, 0.15) is 5.75 Å². The molecule has 2 heterocycles. The highest BCUT2D eigenvalue weighted by Gasteiger charge is 2.24. The molecule has 1 atom stereocenters. The fraction of sp³-hybridized carbons (Fsp3) is 0.533. The Bertz CT molecular complexity index is 547. The molecule has 0 spiro atoms. The van der Waals surface area contributed by atoms with Crippen LogP contribution in [0, 0.1) is 0 Å². The number of rotatable bonds is 3. The molecule has 0 unspecified atom stereocenters. The second kappa shape index (κ2) is 6.36. The monoisotopic (exact) mass is 326 g/mol. The molecule has 1 aromatic carbocycles. The predicted molar refractivity (Wildman–Crippen MR) is 86.4 cm³/mol. The van der Waals surface area contributed by atoms with Gasteiger partial charge in [-0.15, -0.1) is 0 Å². The van der Waals surface area contributed by atoms with E-state index in [1.807, 2.05) is 35.8 Å². The minimum atomic E-state index is -0.0331. The summed E-state index contributed by atoms with van der Waals surface area (Å²) >= 11 is 8.03. The van der Waals surface area contributed by atoms with E-state index in [4.69, 9.17) is 16.3 Å². The molecule has 1 aromatic rings. The molecular weight excluding hydrogens is 308 g/mol. The second-order valence-electron chi connectivity index (χ2n) is 5.44. The zero-order valence-corrected chi connectivity index (χ0v) is 13.6. The van der Waals surface area contributed by atoms with Gasteiger partial charge in [-0.1, -0.05) is 11.6 Å². The maximum absolute atomic E-state index is 12.2. The van der Waals surface area contributed by atoms with Gasteiger partial charge in [-0.05, 0) is 29.9 Å². The summed E-state index contributed by atoms with van der Waals surface area (Å²) in [4.78, 5) is 14.0. The van der Waals surface area contributed by atoms with Gasteiger partial charge in [-0.2, -0.15) is 11.8 Å². The molecule has 1 saturated heterocycles. The number of thioether (sulfide) groups is 1. The van der Waals surface area contributed by atoms with Crippen molar-refractivity contribution in [2.24, 2.45) is 0 Å². The summed E-state index contributed by atoms with van der Waals surface area (Å²) in [6.45, 7) is 1.14. The van der Waals surface area contributed by atoms with Gasteiger partial charge in [0.05, 0.1) is 6.61 Å². The topological polar surface area (TPSA) is 41.6 Å². The summed E-state index contributed by atoms with van der Waals surface area (Å²) in [6, 6.07) is 4.12. The van der Waals surface area contributed by atoms with E-state index in [1.165, 1.54) is 0 Å². The Balaban J connectivity index is 1.63. The molecule has 1 N–H and O–H groups in total. The van der Waals surface area contributed by atoms with Crippen LogP contribution in [0.15, 0.2) is 12.1 Å². The molecule has 2 aliphatic heterocycles. The van der Waals surface area contributed by atoms with Crippen molar-refractivity contribution in [2.45, 2.75) is 25.4 Å². The Morgan fingerprint density at radius 1 is 1.57 bits per heavy atom. The van der Waals surface area contributed by atoms with Crippen molar-refractivity contribution >= 4 is 29.4 Å². The number of urea groups is 1. The lowest BCUT2D eigenvalue weighted by atomic mass is 10.1. The number of carbonyl (C=O) groups is 1. The summed E-state index contributed by atoms with van der Waals surface area (Å²) in [7, 11) is 1.87. The van der Waals surface area contributed by atoms with Gasteiger partial charge in [-0.25, -0.2) is 4.79 Å². The van der Waals surface area contributed by atoms with E-state index in [9.17, 15) is 4.79 Å². The Morgan fingerprint density at radius 3 is 3.19 bits per heavy atom. The first-order valence-corrected chi connectivity index (χ1v) is 8.71. The summed E-state index contributed by atoms with van der Waals surface area (Å²) in [5.41, 5.74) is 2.09. The summed E-state index contributed by atoms with van der Waals surface area (Å²) in [5, 5.41) is 3.67. The number of halogens is 1. The van der Waals surface area contributed by atoms with Gasteiger partial charge < -0.3 is 15.0 Å². The van der Waals surface area contributed by atoms with E-state index in [2.05, 4.69) is 5.32 Å². The van der Waals surface area contributed by atoms with Crippen molar-refractivity contribution in [2.75, 3.05) is 25.2 Å². The number of amides is 2. The molecule has 1 fully saturated rings. The molecule has 0 saturated carbocycles. The average Bonchev–Trinajstić information content (AvgIpc) is 3.13. The van der Waals surface area contributed by atoms with E-state index in [0.717, 1.165) is 41.2 Å². The number of carbonyl (C=O) groups excluding carboxylic acids is 1. The van der Waals surface area contributed by atoms with E-state index in [-0.39, 0.29) is 6.03 Å². The van der Waals surface area contributed by atoms with Crippen molar-refractivity contribution in [3.8, 4) is 5.75 Å². The zero-order chi connectivity index (χ0) is 14.8. The maximum atomic E-state index is 12.2. The Kier molecular flexibility index (Phi) is 4.50. The SMILES string of the molecule is CN(C(=O)NCc1cc(Cl)cc2c1OCC2)[C@@H]1CCSC1. The molecule has 2 amide bonds. The Morgan fingerprint density at radius 2 is 2.43 bits per heavy atom. The van der Waals surface area contributed by atoms with Crippen LogP contribution in [0.2, 0.25) is 5.02 Å². The third-order valence-corrected chi connectivity index (χ3v) is 5.39. The number of benzene rings is 1. The highest BCUT2D eigenvalue weighted by molar-refractivity contribution is 7.99. The lowest BCUT2D eigenvalue weighted by molar-refractivity contribution is 0.194. The van der Waals surface area contributed by atoms with Gasteiger partial charge in [0, 0.05) is 42.4 Å². The molecule has 21 heavy (non-hydrogen) atoms. The fourth-order valence-corrected chi connectivity index (χ4v) is 4.30. The third-order valence-electron chi connectivity index (χ3n) is 4.03. The molecule has 3 rings (SSSR count). The largest absolute Gasteiger partial charge is 0.493 e. The van der Waals surface area contributed by atoms with Crippen LogP contribution in [0.5, 0.6) is 5.75 Å². The molecule has 0 bridgehead atoms. The molecular formula is C15H19ClN2O2S. The first-order valence-electron chi connectivity index (χ1n) is 7.17. The van der Waals surface area contributed by atoms with Crippen molar-refractivity contribution < 1.29 is 9.53 Å². The molecule has 4 nitrogen and oxygen atoms in total. The minimum Gasteiger partial charge on any atom is -0.493 e. The van der Waals surface area contributed by atoms with Crippen LogP contribution < -0.4 is 10.1 Å². The first-order chi connectivity index (χ1) is 10.1. The standard InChI is InChI=1S/C15H19ClN2O2S/c1-18(13-3-5-21-9-13)15(19)17-8-11-7-12(16)6-10-2-4-20-14(10)11/h6-7,13H,2-5,8-9H2,1H3,(H,17,19)/t13-/m1/s1. The van der Waals surface area contributed by atoms with Gasteiger partial charge >= 0.3 is 6.03 Å². The normalized spacial score (nSPS) is 20.0. The van der Waals surface area contributed by atoms with Crippen LogP contribution >= 0.6 is 23.4 Å². The van der Waals surface area contributed by atoms with E-state index in [1.54, 1.807) is 0 Å². The lowest BCUT2D eigenvalue weighted by Crippen LogP contribution is -2.43. The van der Waals surface area contributed by atoms with Crippen LogP contribution in [0.25, 0.3) is 0 Å². The first kappa shape index (κ1) is 14.9. The van der Waals surface area contributed by atoms with E-state index in [0.29, 0.717) is 24.2 Å². The quantitative estimate of drug-likeness (QED) is 0.928. The van der Waals surface area contributed by atoms with Crippen molar-refractivity contribution in [1.82, 2.24) is 10.2 Å². The maximum Gasteiger partial charge on any atom is 0.317 e. The fourth-order valence-electron chi connectivity index (χ4n) is 2.77. The third kappa shape index (κ3) is 3.24. The van der Waals surface area contributed by atoms with Crippen molar-refractivity contribution in [3.05, 3.63) is 28.3 Å². The second-order valence-corrected chi connectivity index (χ2v) is 7.02. The van der Waals surface area contributed by atoms with Crippen LogP contribution in [-0.2, 0) is 13.0 Å². The average molecular weight is 327 g/mol. The highest BCUT2D eigenvalue weighted by Crippen LogP contribution is 2.32. The van der Waals surface area contributed by atoms with Gasteiger partial charge in [0.15, 0.2) is 0 Å². The lowest BCUT2D eigenvalue weighted by Gasteiger charge is -2.24. The molecule has 0 aliphatic carbocycles. The van der Waals surface area contributed by atoms with Crippen molar-refractivity contribution in [3.63, 3.8) is 0 Å². The van der Waals surface area contributed by atoms with Gasteiger partial charge in [0.25, 0.3) is 0 Å². The Hall–Kier alpha value is -1.07. The smallest absolute Gasteiger partial charge is 0.317 e. The number of fused-ring (bicyclic) bond motifs is 1. The summed E-state index contributed by atoms with van der Waals surface area (Å²) in [6.07, 6.45) is 1.96. The van der Waals surface area contributed by atoms with Crippen LogP contribution in [0.1, 0.15) is 17.5 Å². The van der Waals surface area contributed by atoms with Gasteiger partial charge in [0.2, 0.25) is 0 Å². The van der Waals surface area contributed by atoms with Gasteiger partial charge in [-0.3, -0.25) is 0 Å². The summed E-state index contributed by atoms with van der Waals surface area (Å²) in [5.74, 6) is 3.05. The number of ether oxygens (including phenoxy) is 1. The van der Waals surface area contributed by atoms with Crippen molar-refractivity contribution in [1.29, 1.82) is 0 Å². The molecule has 6 heteroatoms. The number of nitrogens with one attached hydrogen (secondary N) is 1. The number of hydrogen-bond donors (Lipinski definition) is 1. The van der Waals surface area contributed by atoms with Crippen LogP contribution in [0.3, 0.4) is 0 Å². The highest BCUT2D eigenvalue weighted by atomic mass is 35.5. The molecule has 2 aliphatic rings. The predicted octanol–water partition coefficient (Wildman–Crippen LogP) is 2.92. The molecule has 0 radical (unpaired) electrons. The number of hydrogen-bond acceptors (Lipinski definition) is 3. The van der Waals surface area contributed by atoms with E-state index < -0.39 is 0 Å². The Labute approximate surface area is 134 Å².